The molecule has 1 aliphatic rings. The van der Waals surface area contributed by atoms with Gasteiger partial charge in [-0.15, -0.1) is 0 Å². The number of ether oxygens (including phenoxy) is 3. The van der Waals surface area contributed by atoms with Crippen molar-refractivity contribution in [1.29, 1.82) is 0 Å². The number of methoxy groups -OCH3 is 2. The maximum Gasteiger partial charge on any atom is 0.416 e. The van der Waals surface area contributed by atoms with E-state index in [1.807, 2.05) is 24.3 Å². The lowest BCUT2D eigenvalue weighted by molar-refractivity contribution is -0.137. The van der Waals surface area contributed by atoms with Crippen molar-refractivity contribution in [1.82, 2.24) is 4.90 Å². The number of benzene rings is 3. The van der Waals surface area contributed by atoms with Crippen LogP contribution in [0.1, 0.15) is 37.0 Å². The van der Waals surface area contributed by atoms with Crippen LogP contribution in [0.15, 0.2) is 60.7 Å². The second-order valence-corrected chi connectivity index (χ2v) is 9.70. The lowest BCUT2D eigenvalue weighted by atomic mass is 9.79. The quantitative estimate of drug-likeness (QED) is 0.352. The summed E-state index contributed by atoms with van der Waals surface area (Å²) in [6, 6.07) is 17.1. The first-order chi connectivity index (χ1) is 17.1. The molecular weight excluding hydrogens is 467 g/mol. The molecule has 0 spiro atoms. The van der Waals surface area contributed by atoms with E-state index in [-0.39, 0.29) is 5.41 Å². The molecule has 0 fully saturated rings. The van der Waals surface area contributed by atoms with Crippen LogP contribution in [0.3, 0.4) is 0 Å². The fraction of sp³-hybridized carbons (Fsp3) is 0.379. The molecule has 3 aromatic carbocycles. The van der Waals surface area contributed by atoms with Crippen molar-refractivity contribution in [3.05, 3.63) is 77.4 Å². The van der Waals surface area contributed by atoms with Gasteiger partial charge in [0.2, 0.25) is 5.75 Å². The van der Waals surface area contributed by atoms with Gasteiger partial charge in [-0.1, -0.05) is 44.2 Å². The highest BCUT2D eigenvalue weighted by Crippen LogP contribution is 2.38. The van der Waals surface area contributed by atoms with Crippen molar-refractivity contribution in [2.75, 3.05) is 33.9 Å². The number of hydrogen-bond donors (Lipinski definition) is 0. The maximum absolute atomic E-state index is 13.0. The van der Waals surface area contributed by atoms with Gasteiger partial charge in [-0.25, -0.2) is 0 Å². The molecule has 7 heteroatoms. The van der Waals surface area contributed by atoms with E-state index in [1.54, 1.807) is 26.4 Å². The first-order valence-corrected chi connectivity index (χ1v) is 12.0. The summed E-state index contributed by atoms with van der Waals surface area (Å²) in [6.07, 6.45) is -3.36. The standard InChI is InChI=1S/C29H32F3NO3/c1-28(2)14-15-33(16-17-36-27-25(34-3)6-5-7-26(27)35-4)19-22-18-21(10-13-24(22)28)20-8-11-23(12-9-20)29(30,31)32/h5-13,18H,14-17,19H2,1-4H3. The predicted octanol–water partition coefficient (Wildman–Crippen LogP) is 6.95. The Kier molecular flexibility index (Phi) is 7.50. The molecule has 36 heavy (non-hydrogen) atoms. The summed E-state index contributed by atoms with van der Waals surface area (Å²) < 4.78 is 55.9. The first-order valence-electron chi connectivity index (χ1n) is 12.0. The predicted molar refractivity (Wildman–Crippen MR) is 135 cm³/mol. The van der Waals surface area contributed by atoms with Gasteiger partial charge in [0.05, 0.1) is 19.8 Å². The summed E-state index contributed by atoms with van der Waals surface area (Å²) >= 11 is 0. The number of fused-ring (bicyclic) bond motifs is 1. The third-order valence-corrected chi connectivity index (χ3v) is 6.86. The van der Waals surface area contributed by atoms with Crippen LogP contribution in [-0.4, -0.2) is 38.8 Å². The summed E-state index contributed by atoms with van der Waals surface area (Å²) in [5.74, 6) is 1.83. The highest BCUT2D eigenvalue weighted by atomic mass is 19.4. The van der Waals surface area contributed by atoms with Crippen LogP contribution in [-0.2, 0) is 18.1 Å². The zero-order valence-electron chi connectivity index (χ0n) is 21.1. The minimum Gasteiger partial charge on any atom is -0.493 e. The van der Waals surface area contributed by atoms with E-state index in [1.165, 1.54) is 11.1 Å². The topological polar surface area (TPSA) is 30.9 Å². The molecule has 0 atom stereocenters. The van der Waals surface area contributed by atoms with Gasteiger partial charge in [0.25, 0.3) is 0 Å². The SMILES string of the molecule is COc1cccc(OC)c1OCCN1CCC(C)(C)c2ccc(-c3ccc(C(F)(F)F)cc3)cc2C1. The van der Waals surface area contributed by atoms with Crippen LogP contribution in [0.4, 0.5) is 13.2 Å². The molecule has 0 N–H and O–H groups in total. The van der Waals surface area contributed by atoms with Crippen LogP contribution >= 0.6 is 0 Å². The van der Waals surface area contributed by atoms with E-state index in [2.05, 4.69) is 30.9 Å². The minimum absolute atomic E-state index is 0.0184. The molecule has 0 saturated carbocycles. The Hall–Kier alpha value is -3.19. The molecule has 0 unspecified atom stereocenters. The number of halogens is 3. The van der Waals surface area contributed by atoms with E-state index < -0.39 is 11.7 Å². The zero-order chi connectivity index (χ0) is 25.9. The number of para-hydroxylation sites is 1. The Morgan fingerprint density at radius 3 is 2.14 bits per heavy atom. The largest absolute Gasteiger partial charge is 0.493 e. The van der Waals surface area contributed by atoms with Crippen molar-refractivity contribution >= 4 is 0 Å². The number of rotatable bonds is 7. The molecule has 0 amide bonds. The van der Waals surface area contributed by atoms with Crippen LogP contribution < -0.4 is 14.2 Å². The molecule has 3 aromatic rings. The average molecular weight is 500 g/mol. The molecule has 1 heterocycles. The van der Waals surface area contributed by atoms with Gasteiger partial charge in [-0.2, -0.15) is 13.2 Å². The van der Waals surface area contributed by atoms with Crippen molar-refractivity contribution in [2.45, 2.75) is 38.4 Å². The highest BCUT2D eigenvalue weighted by molar-refractivity contribution is 5.66. The van der Waals surface area contributed by atoms with Gasteiger partial charge >= 0.3 is 6.18 Å². The maximum atomic E-state index is 13.0. The van der Waals surface area contributed by atoms with Crippen molar-refractivity contribution < 1.29 is 27.4 Å². The Morgan fingerprint density at radius 1 is 0.889 bits per heavy atom. The van der Waals surface area contributed by atoms with E-state index in [0.29, 0.717) is 30.4 Å². The number of hydrogen-bond acceptors (Lipinski definition) is 4. The van der Waals surface area contributed by atoms with Crippen LogP contribution in [0, 0.1) is 0 Å². The van der Waals surface area contributed by atoms with Gasteiger partial charge in [0.15, 0.2) is 11.5 Å². The van der Waals surface area contributed by atoms with Crippen molar-refractivity contribution in [3.63, 3.8) is 0 Å². The van der Waals surface area contributed by atoms with Crippen LogP contribution in [0.5, 0.6) is 17.2 Å². The Labute approximate surface area is 210 Å². The Balaban J connectivity index is 1.52. The summed E-state index contributed by atoms with van der Waals surface area (Å²) in [7, 11) is 3.20. The van der Waals surface area contributed by atoms with Gasteiger partial charge < -0.3 is 14.2 Å². The molecule has 192 valence electrons. The molecule has 4 nitrogen and oxygen atoms in total. The number of nitrogens with zero attached hydrogens (tertiary/aromatic N) is 1. The lowest BCUT2D eigenvalue weighted by Gasteiger charge is -2.25. The van der Waals surface area contributed by atoms with Crippen molar-refractivity contribution in [2.24, 2.45) is 0 Å². The second-order valence-electron chi connectivity index (χ2n) is 9.70. The van der Waals surface area contributed by atoms with Gasteiger partial charge in [0, 0.05) is 13.1 Å². The first kappa shape index (κ1) is 25.9. The fourth-order valence-corrected chi connectivity index (χ4v) is 4.74. The average Bonchev–Trinajstić information content (AvgIpc) is 2.98. The third-order valence-electron chi connectivity index (χ3n) is 6.86. The lowest BCUT2D eigenvalue weighted by Crippen LogP contribution is -2.29. The van der Waals surface area contributed by atoms with Gasteiger partial charge in [-0.3, -0.25) is 4.90 Å². The van der Waals surface area contributed by atoms with Crippen LogP contribution in [0.25, 0.3) is 11.1 Å². The molecule has 0 bridgehead atoms. The number of alkyl halides is 3. The molecule has 1 aliphatic heterocycles. The molecule has 0 aromatic heterocycles. The highest BCUT2D eigenvalue weighted by Gasteiger charge is 2.31. The molecule has 0 aliphatic carbocycles. The summed E-state index contributed by atoms with van der Waals surface area (Å²) in [4.78, 5) is 2.35. The van der Waals surface area contributed by atoms with Crippen molar-refractivity contribution in [3.8, 4) is 28.4 Å². The normalized spacial score (nSPS) is 15.6. The van der Waals surface area contributed by atoms with Crippen LogP contribution in [0.2, 0.25) is 0 Å². The molecule has 4 rings (SSSR count). The molecular formula is C29H32F3NO3. The van der Waals surface area contributed by atoms with Gasteiger partial charge in [-0.05, 0) is 71.0 Å². The Morgan fingerprint density at radius 2 is 1.53 bits per heavy atom. The van der Waals surface area contributed by atoms with E-state index in [9.17, 15) is 13.2 Å². The zero-order valence-corrected chi connectivity index (χ0v) is 21.1. The van der Waals surface area contributed by atoms with E-state index >= 15 is 0 Å². The van der Waals surface area contributed by atoms with Gasteiger partial charge in [0.1, 0.15) is 6.61 Å². The fourth-order valence-electron chi connectivity index (χ4n) is 4.74. The van der Waals surface area contributed by atoms with E-state index in [4.69, 9.17) is 14.2 Å². The molecule has 0 radical (unpaired) electrons. The smallest absolute Gasteiger partial charge is 0.416 e. The summed E-state index contributed by atoms with van der Waals surface area (Å²) in [5.41, 5.74) is 3.48. The Bertz CT molecular complexity index is 1170. The summed E-state index contributed by atoms with van der Waals surface area (Å²) in [6.45, 7) is 7.29. The monoisotopic (exact) mass is 499 g/mol. The summed E-state index contributed by atoms with van der Waals surface area (Å²) in [5, 5.41) is 0. The molecule has 0 saturated heterocycles. The van der Waals surface area contributed by atoms with E-state index in [0.717, 1.165) is 42.8 Å². The second kappa shape index (κ2) is 10.4. The minimum atomic E-state index is -4.34. The third kappa shape index (κ3) is 5.62.